The number of rotatable bonds is 5. The van der Waals surface area contributed by atoms with Gasteiger partial charge in [-0.15, -0.1) is 0 Å². The maximum Gasteiger partial charge on any atom is 0.220 e. The van der Waals surface area contributed by atoms with E-state index in [1.807, 2.05) is 13.0 Å². The molecule has 4 rings (SSSR count). The van der Waals surface area contributed by atoms with E-state index in [1.54, 1.807) is 6.07 Å². The monoisotopic (exact) mass is 389 g/mol. The molecule has 1 aliphatic heterocycles. The lowest BCUT2D eigenvalue weighted by atomic mass is 9.59. The smallest absolute Gasteiger partial charge is 0.220 e. The van der Waals surface area contributed by atoms with Crippen LogP contribution in [0.4, 0.5) is 4.39 Å². The van der Waals surface area contributed by atoms with E-state index >= 15 is 0 Å². The Kier molecular flexibility index (Phi) is 4.93. The lowest BCUT2D eigenvalue weighted by Crippen LogP contribution is -2.58. The molecule has 1 aromatic carbocycles. The minimum Gasteiger partial charge on any atom is -0.494 e. The highest BCUT2D eigenvalue weighted by Crippen LogP contribution is 2.70. The van der Waals surface area contributed by atoms with Crippen LogP contribution in [0.25, 0.3) is 0 Å². The van der Waals surface area contributed by atoms with Crippen LogP contribution in [0.2, 0.25) is 0 Å². The Labute approximate surface area is 167 Å². The van der Waals surface area contributed by atoms with Crippen molar-refractivity contribution in [1.29, 1.82) is 0 Å². The summed E-state index contributed by atoms with van der Waals surface area (Å²) in [6, 6.07) is 5.23. The highest BCUT2D eigenvalue weighted by atomic mass is 19.1. The van der Waals surface area contributed by atoms with E-state index in [1.165, 1.54) is 13.2 Å². The maximum atomic E-state index is 13.9. The lowest BCUT2D eigenvalue weighted by molar-refractivity contribution is -0.137. The van der Waals surface area contributed by atoms with E-state index in [2.05, 4.69) is 19.2 Å². The van der Waals surface area contributed by atoms with Crippen molar-refractivity contribution in [2.24, 2.45) is 22.7 Å². The van der Waals surface area contributed by atoms with Crippen LogP contribution in [-0.4, -0.2) is 25.7 Å². The fourth-order valence-electron chi connectivity index (χ4n) is 6.43. The number of carbonyl (C=O) groups excluding carboxylic acids is 1. The first kappa shape index (κ1) is 19.7. The fraction of sp³-hybridized carbons (Fsp3) is 0.696. The molecule has 4 nitrogen and oxygen atoms in total. The van der Waals surface area contributed by atoms with Crippen molar-refractivity contribution in [2.75, 3.05) is 13.7 Å². The quantitative estimate of drug-likeness (QED) is 0.798. The number of carbonyl (C=O) groups is 1. The topological polar surface area (TPSA) is 47.6 Å². The molecular weight excluding hydrogens is 357 g/mol. The van der Waals surface area contributed by atoms with Crippen molar-refractivity contribution in [3.63, 3.8) is 0 Å². The Morgan fingerprint density at radius 1 is 1.39 bits per heavy atom. The number of nitrogens with one attached hydrogen (secondary N) is 1. The summed E-state index contributed by atoms with van der Waals surface area (Å²) < 4.78 is 25.4. The van der Waals surface area contributed by atoms with Gasteiger partial charge in [0.2, 0.25) is 5.91 Å². The van der Waals surface area contributed by atoms with Gasteiger partial charge in [-0.1, -0.05) is 26.8 Å². The Morgan fingerprint density at radius 3 is 2.89 bits per heavy atom. The molecule has 1 saturated heterocycles. The number of hydrogen-bond acceptors (Lipinski definition) is 3. The van der Waals surface area contributed by atoms with Crippen molar-refractivity contribution in [3.8, 4) is 5.75 Å². The summed E-state index contributed by atoms with van der Waals surface area (Å²) in [7, 11) is 1.49. The molecule has 1 amide bonds. The third kappa shape index (κ3) is 2.85. The molecule has 0 unspecified atom stereocenters. The average Bonchev–Trinajstić information content (AvgIpc) is 3.15. The van der Waals surface area contributed by atoms with Gasteiger partial charge < -0.3 is 14.8 Å². The first-order valence-corrected chi connectivity index (χ1v) is 10.6. The predicted molar refractivity (Wildman–Crippen MR) is 106 cm³/mol. The molecule has 1 spiro atoms. The summed E-state index contributed by atoms with van der Waals surface area (Å²) in [6.07, 6.45) is 4.57. The van der Waals surface area contributed by atoms with Crippen molar-refractivity contribution in [2.45, 2.75) is 65.0 Å². The Balaban J connectivity index is 1.67. The molecule has 3 fully saturated rings. The van der Waals surface area contributed by atoms with Gasteiger partial charge in [-0.05, 0) is 66.0 Å². The Hall–Kier alpha value is -1.62. The highest BCUT2D eigenvalue weighted by molar-refractivity contribution is 5.76. The van der Waals surface area contributed by atoms with Crippen LogP contribution in [0, 0.1) is 28.5 Å². The van der Waals surface area contributed by atoms with E-state index in [-0.39, 0.29) is 40.4 Å². The maximum absolute atomic E-state index is 13.9. The molecule has 2 bridgehead atoms. The van der Waals surface area contributed by atoms with Crippen LogP contribution < -0.4 is 10.1 Å². The van der Waals surface area contributed by atoms with Gasteiger partial charge in [0.15, 0.2) is 11.6 Å². The number of benzene rings is 1. The van der Waals surface area contributed by atoms with Crippen LogP contribution in [0.1, 0.15) is 64.5 Å². The standard InChI is InChI=1S/C23H32FNO3/c1-5-6-19(26)25-21-22(2,3)15-12-16-20(28-10-9-23(16,21)13-15)14-7-8-17(24)18(11-14)27-4/h7-8,11,15-16,20-21H,5-6,9-10,12-13H2,1-4H3,(H,25,26)/t15-,16-,20-,21+,23-/m1/s1. The Bertz CT molecular complexity index is 764. The van der Waals surface area contributed by atoms with Crippen LogP contribution in [0.15, 0.2) is 18.2 Å². The SMILES string of the molecule is CCCC(=O)N[C@H]1C(C)(C)[C@@H]2C[C@@H]3[C@@H](c4ccc(F)c(OC)c4)OCC[C@@]31C2. The van der Waals surface area contributed by atoms with Gasteiger partial charge in [-0.2, -0.15) is 0 Å². The number of methoxy groups -OCH3 is 1. The van der Waals surface area contributed by atoms with Gasteiger partial charge in [0, 0.05) is 19.1 Å². The third-order valence-corrected chi connectivity index (χ3v) is 7.79. The molecule has 2 aliphatic carbocycles. The molecule has 5 heteroatoms. The minimum atomic E-state index is -0.351. The fourth-order valence-corrected chi connectivity index (χ4v) is 6.43. The summed E-state index contributed by atoms with van der Waals surface area (Å²) >= 11 is 0. The lowest BCUT2D eigenvalue weighted by Gasteiger charge is -2.53. The number of hydrogen-bond donors (Lipinski definition) is 1. The molecule has 3 aliphatic rings. The molecule has 28 heavy (non-hydrogen) atoms. The van der Waals surface area contributed by atoms with Crippen LogP contribution in [0.3, 0.4) is 0 Å². The van der Waals surface area contributed by atoms with Gasteiger partial charge in [0.1, 0.15) is 0 Å². The third-order valence-electron chi connectivity index (χ3n) is 7.79. The van der Waals surface area contributed by atoms with Crippen LogP contribution in [-0.2, 0) is 9.53 Å². The molecule has 1 heterocycles. The number of amides is 1. The molecule has 1 N–H and O–H groups in total. The van der Waals surface area contributed by atoms with E-state index in [4.69, 9.17) is 9.47 Å². The van der Waals surface area contributed by atoms with Crippen molar-refractivity contribution in [1.82, 2.24) is 5.32 Å². The number of ether oxygens (including phenoxy) is 2. The normalized spacial score (nSPS) is 35.5. The zero-order chi connectivity index (χ0) is 20.1. The molecule has 154 valence electrons. The average molecular weight is 390 g/mol. The van der Waals surface area contributed by atoms with E-state index < -0.39 is 0 Å². The molecule has 0 aromatic heterocycles. The summed E-state index contributed by atoms with van der Waals surface area (Å²) in [5.74, 6) is 0.970. The Morgan fingerprint density at radius 2 is 2.18 bits per heavy atom. The zero-order valence-electron chi connectivity index (χ0n) is 17.4. The summed E-state index contributed by atoms with van der Waals surface area (Å²) in [4.78, 5) is 12.5. The second-order valence-electron chi connectivity index (χ2n) is 9.48. The van der Waals surface area contributed by atoms with Gasteiger partial charge in [-0.25, -0.2) is 4.39 Å². The van der Waals surface area contributed by atoms with Crippen molar-refractivity contribution >= 4 is 5.91 Å². The first-order valence-electron chi connectivity index (χ1n) is 10.6. The van der Waals surface area contributed by atoms with Crippen molar-refractivity contribution < 1.29 is 18.7 Å². The highest BCUT2D eigenvalue weighted by Gasteiger charge is 2.68. The van der Waals surface area contributed by atoms with E-state index in [0.29, 0.717) is 24.9 Å². The number of halogens is 1. The first-order chi connectivity index (χ1) is 13.3. The second kappa shape index (κ2) is 7.01. The molecular formula is C23H32FNO3. The predicted octanol–water partition coefficient (Wildman–Crippen LogP) is 4.63. The molecule has 5 atom stereocenters. The zero-order valence-corrected chi connectivity index (χ0v) is 17.4. The van der Waals surface area contributed by atoms with E-state index in [0.717, 1.165) is 31.2 Å². The molecule has 1 aromatic rings. The summed E-state index contributed by atoms with van der Waals surface area (Å²) in [5.41, 5.74) is 1.12. The molecule has 2 saturated carbocycles. The summed E-state index contributed by atoms with van der Waals surface area (Å²) in [6.45, 7) is 7.33. The molecule has 0 radical (unpaired) electrons. The largest absolute Gasteiger partial charge is 0.494 e. The van der Waals surface area contributed by atoms with Crippen LogP contribution in [0.5, 0.6) is 5.75 Å². The van der Waals surface area contributed by atoms with Gasteiger partial charge >= 0.3 is 0 Å². The summed E-state index contributed by atoms with van der Waals surface area (Å²) in [5, 5.41) is 3.42. The van der Waals surface area contributed by atoms with Gasteiger partial charge in [-0.3, -0.25) is 4.79 Å². The van der Waals surface area contributed by atoms with Gasteiger partial charge in [0.05, 0.1) is 13.2 Å². The number of fused-ring (bicyclic) bond motifs is 1. The van der Waals surface area contributed by atoms with Crippen LogP contribution >= 0.6 is 0 Å². The second-order valence-corrected chi connectivity index (χ2v) is 9.48. The van der Waals surface area contributed by atoms with Gasteiger partial charge in [0.25, 0.3) is 0 Å². The minimum absolute atomic E-state index is 0.0576. The van der Waals surface area contributed by atoms with E-state index in [9.17, 15) is 9.18 Å². The van der Waals surface area contributed by atoms with Crippen molar-refractivity contribution in [3.05, 3.63) is 29.6 Å².